The normalized spacial score (nSPS) is 20.2. The lowest BCUT2D eigenvalue weighted by Gasteiger charge is -2.30. The number of nitrogens with one attached hydrogen (secondary N) is 2. The van der Waals surface area contributed by atoms with Crippen molar-refractivity contribution in [3.63, 3.8) is 0 Å². The molecule has 3 heterocycles. The number of nitrogens with zero attached hydrogens (tertiary/aromatic N) is 4. The highest BCUT2D eigenvalue weighted by molar-refractivity contribution is 8.13. The maximum atomic E-state index is 12.7. The fraction of sp³-hybridized carbons (Fsp3) is 0.659. The van der Waals surface area contributed by atoms with Crippen molar-refractivity contribution in [3.05, 3.63) is 49.1 Å². The molecule has 2 aromatic heterocycles. The summed E-state index contributed by atoms with van der Waals surface area (Å²) in [5.41, 5.74) is 4.28. The third kappa shape index (κ3) is 22.8. The Bertz CT molecular complexity index is 2170. The number of amides is 2. The first kappa shape index (κ1) is 60.1. The highest BCUT2D eigenvalue weighted by Crippen LogP contribution is 2.61. The van der Waals surface area contributed by atoms with Gasteiger partial charge in [-0.2, -0.15) is 4.31 Å². The van der Waals surface area contributed by atoms with Crippen molar-refractivity contribution in [2.24, 2.45) is 5.41 Å². The zero-order valence-electron chi connectivity index (χ0n) is 39.0. The Morgan fingerprint density at radius 2 is 1.52 bits per heavy atom. The average molecular weight is 1060 g/mol. The number of aromatic nitrogens is 4. The fourth-order valence-corrected chi connectivity index (χ4v) is 10.1. The molecule has 10 N–H and O–H groups in total. The minimum Gasteiger partial charge on any atom is -0.386 e. The molecule has 1 aliphatic rings. The summed E-state index contributed by atoms with van der Waals surface area (Å²) in [6.07, 6.45) is 18.5. The number of phosphoric acid groups is 3. The Morgan fingerprint density at radius 3 is 2.19 bits per heavy atom. The molecule has 0 radical (unpaired) electrons. The zero-order valence-corrected chi connectivity index (χ0v) is 42.5. The van der Waals surface area contributed by atoms with Crippen molar-refractivity contribution in [2.75, 3.05) is 37.8 Å². The largest absolute Gasteiger partial charge is 0.481 e. The maximum absolute atomic E-state index is 12.7. The van der Waals surface area contributed by atoms with E-state index >= 15 is 0 Å². The van der Waals surface area contributed by atoms with Gasteiger partial charge < -0.3 is 50.9 Å². The first-order chi connectivity index (χ1) is 32.6. The molecule has 69 heavy (non-hydrogen) atoms. The van der Waals surface area contributed by atoms with E-state index in [1.807, 2.05) is 0 Å². The topological polar surface area (TPSA) is 364 Å². The Labute approximate surface area is 405 Å². The SMILES string of the molecule is CCCCC/C=C\C/C=C\C/C=C\CCCCCCC(=O)SCCNC(=O)CCNC(=O)C(O)C(C)(C)COP(=O)(O)OP(=O)(O)OC[C@H]1O[C@@H](n2cnc3c(N)ncnc32)[C@H](O)[C@@H]1OP(=O)(O)O. The highest BCUT2D eigenvalue weighted by atomic mass is 32.2. The molecule has 1 saturated heterocycles. The van der Waals surface area contributed by atoms with Gasteiger partial charge in [0.15, 0.2) is 22.8 Å². The van der Waals surface area contributed by atoms with E-state index in [9.17, 15) is 57.9 Å². The Balaban J connectivity index is 1.29. The molecule has 0 bridgehead atoms. The van der Waals surface area contributed by atoms with Gasteiger partial charge in [-0.25, -0.2) is 28.6 Å². The van der Waals surface area contributed by atoms with Crippen LogP contribution in [-0.2, 0) is 50.7 Å². The van der Waals surface area contributed by atoms with Crippen molar-refractivity contribution >= 4 is 69.1 Å². The number of phosphoric ester groups is 3. The summed E-state index contributed by atoms with van der Waals surface area (Å²) in [4.78, 5) is 88.4. The van der Waals surface area contributed by atoms with E-state index in [0.29, 0.717) is 12.2 Å². The fourth-order valence-electron chi connectivity index (χ4n) is 6.54. The van der Waals surface area contributed by atoms with Gasteiger partial charge in [-0.3, -0.25) is 32.5 Å². The number of hydrogen-bond acceptors (Lipinski definition) is 18. The van der Waals surface area contributed by atoms with Crippen LogP contribution >= 0.6 is 35.2 Å². The van der Waals surface area contributed by atoms with E-state index in [0.717, 1.165) is 80.4 Å². The highest BCUT2D eigenvalue weighted by Gasteiger charge is 2.50. The maximum Gasteiger partial charge on any atom is 0.481 e. The summed E-state index contributed by atoms with van der Waals surface area (Å²) >= 11 is 1.14. The summed E-state index contributed by atoms with van der Waals surface area (Å²) in [6.45, 7) is 2.75. The summed E-state index contributed by atoms with van der Waals surface area (Å²) in [6, 6.07) is 0. The molecule has 24 nitrogen and oxygen atoms in total. The van der Waals surface area contributed by atoms with Gasteiger partial charge in [-0.15, -0.1) is 0 Å². The van der Waals surface area contributed by atoms with Gasteiger partial charge >= 0.3 is 23.5 Å². The summed E-state index contributed by atoms with van der Waals surface area (Å²) in [5, 5.41) is 26.6. The molecule has 1 aliphatic heterocycles. The number of hydrogen-bond donors (Lipinski definition) is 9. The second-order valence-corrected chi connectivity index (χ2v) is 22.0. The number of allylic oxidation sites excluding steroid dienone is 6. The van der Waals surface area contributed by atoms with Crippen molar-refractivity contribution in [2.45, 2.75) is 135 Å². The summed E-state index contributed by atoms with van der Waals surface area (Å²) in [5.74, 6) is -1.05. The first-order valence-corrected chi connectivity index (χ1v) is 28.1. The van der Waals surface area contributed by atoms with Gasteiger partial charge in [-0.1, -0.05) is 94.7 Å². The van der Waals surface area contributed by atoms with Crippen LogP contribution in [0.2, 0.25) is 0 Å². The van der Waals surface area contributed by atoms with Crippen LogP contribution in [0.1, 0.15) is 110 Å². The predicted molar refractivity (Wildman–Crippen MR) is 256 cm³/mol. The van der Waals surface area contributed by atoms with Crippen LogP contribution in [0.3, 0.4) is 0 Å². The number of nitrogen functional groups attached to an aromatic ring is 1. The molecule has 3 unspecified atom stereocenters. The minimum absolute atomic E-state index is 0.0317. The predicted octanol–water partition coefficient (Wildman–Crippen LogP) is 5.03. The monoisotopic (exact) mass is 1060 g/mol. The number of carbonyl (C=O) groups excluding carboxylic acids is 3. The van der Waals surface area contributed by atoms with Gasteiger partial charge in [0.05, 0.1) is 19.5 Å². The molecular weight excluding hydrogens is 987 g/mol. The van der Waals surface area contributed by atoms with Crippen LogP contribution in [0.15, 0.2) is 49.1 Å². The number of aliphatic hydroxyl groups excluding tert-OH is 2. The average Bonchev–Trinajstić information content (AvgIpc) is 3.84. The van der Waals surface area contributed by atoms with Gasteiger partial charge in [0.2, 0.25) is 11.8 Å². The van der Waals surface area contributed by atoms with E-state index in [2.05, 4.69) is 77.8 Å². The number of anilines is 1. The molecule has 7 atom stereocenters. The number of carbonyl (C=O) groups is 3. The lowest BCUT2D eigenvalue weighted by atomic mass is 9.87. The molecule has 0 spiro atoms. The Kier molecular flexibility index (Phi) is 26.1. The summed E-state index contributed by atoms with van der Waals surface area (Å²) in [7, 11) is -16.4. The number of rotatable bonds is 34. The quantitative estimate of drug-likeness (QED) is 0.0252. The van der Waals surface area contributed by atoms with Crippen molar-refractivity contribution in [3.8, 4) is 0 Å². The molecular formula is C41H68N7O17P3S. The second-order valence-electron chi connectivity index (χ2n) is 16.6. The van der Waals surface area contributed by atoms with E-state index in [4.69, 9.17) is 19.5 Å². The molecule has 1 fully saturated rings. The number of ether oxygens (including phenoxy) is 1. The number of thioether (sulfide) groups is 1. The summed E-state index contributed by atoms with van der Waals surface area (Å²) < 4.78 is 62.4. The third-order valence-electron chi connectivity index (χ3n) is 10.3. The number of unbranched alkanes of at least 4 members (excludes halogenated alkanes) is 7. The van der Waals surface area contributed by atoms with E-state index in [1.54, 1.807) is 0 Å². The van der Waals surface area contributed by atoms with Crippen LogP contribution in [0.25, 0.3) is 11.2 Å². The van der Waals surface area contributed by atoms with E-state index < -0.39 is 84.6 Å². The van der Waals surface area contributed by atoms with Gasteiger partial charge in [-0.05, 0) is 44.9 Å². The molecule has 0 saturated carbocycles. The third-order valence-corrected chi connectivity index (χ3v) is 14.3. The van der Waals surface area contributed by atoms with Crippen LogP contribution in [0, 0.1) is 5.41 Å². The molecule has 0 aliphatic carbocycles. The first-order valence-electron chi connectivity index (χ1n) is 22.6. The number of nitrogens with two attached hydrogens (primary N) is 1. The minimum atomic E-state index is -5.58. The van der Waals surface area contributed by atoms with Crippen molar-refractivity contribution in [1.29, 1.82) is 0 Å². The molecule has 2 amide bonds. The molecule has 0 aromatic carbocycles. The van der Waals surface area contributed by atoms with E-state index in [-0.39, 0.29) is 41.6 Å². The van der Waals surface area contributed by atoms with Crippen LogP contribution in [0.5, 0.6) is 0 Å². The Morgan fingerprint density at radius 1 is 0.884 bits per heavy atom. The Hall–Kier alpha value is -3.22. The molecule has 28 heteroatoms. The molecule has 3 rings (SSSR count). The molecule has 390 valence electrons. The second kappa shape index (κ2) is 30.0. The van der Waals surface area contributed by atoms with Gasteiger partial charge in [0, 0.05) is 37.1 Å². The van der Waals surface area contributed by atoms with Crippen LogP contribution < -0.4 is 16.4 Å². The van der Waals surface area contributed by atoms with E-state index in [1.165, 1.54) is 33.1 Å². The van der Waals surface area contributed by atoms with Crippen LogP contribution in [0.4, 0.5) is 5.82 Å². The molecule has 2 aromatic rings. The standard InChI is InChI=1S/C41H68N7O17P3S/c1-4-5-6-7-8-9-10-11-12-13-14-15-16-17-18-19-20-21-32(50)69-25-24-43-31(49)22-23-44-39(53)36(52)41(2,3)27-62-68(59,60)65-67(57,58)61-26-30-35(64-66(54,55)56)34(51)40(63-30)48-29-47-33-37(42)45-28-46-38(33)48/h8-9,11-12,14-15,28-30,34-36,40,51-52H,4-7,10,13,16-27H2,1-3H3,(H,43,49)(H,44,53)(H,57,58)(H,59,60)(H2,42,45,46)(H2,54,55,56)/b9-8-,12-11-,15-14-/t30-,34-,35-,36?,40-/m1/s1. The van der Waals surface area contributed by atoms with Crippen LogP contribution in [-0.4, -0.2) is 123 Å². The lowest BCUT2D eigenvalue weighted by molar-refractivity contribution is -0.137. The van der Waals surface area contributed by atoms with Crippen molar-refractivity contribution in [1.82, 2.24) is 30.2 Å². The van der Waals surface area contributed by atoms with Gasteiger partial charge in [0.25, 0.3) is 0 Å². The number of aliphatic hydroxyl groups is 2. The number of imidazole rings is 1. The number of fused-ring (bicyclic) bond motifs is 1. The van der Waals surface area contributed by atoms with Gasteiger partial charge in [0.1, 0.15) is 36.3 Å². The zero-order chi connectivity index (χ0) is 51.1. The smallest absolute Gasteiger partial charge is 0.386 e. The van der Waals surface area contributed by atoms with Crippen molar-refractivity contribution < 1.29 is 80.5 Å². The lowest BCUT2D eigenvalue weighted by Crippen LogP contribution is -2.46.